The molecule has 1 aliphatic rings. The maximum absolute atomic E-state index is 12.3. The minimum absolute atomic E-state index is 0.227. The number of unbranched alkanes of at least 4 members (excludes halogenated alkanes) is 5. The smallest absolute Gasteiger partial charge is 0.372 e. The lowest BCUT2D eigenvalue weighted by molar-refractivity contribution is -0.182. The highest BCUT2D eigenvalue weighted by atomic mass is 16.6. The van der Waals surface area contributed by atoms with Crippen molar-refractivity contribution in [2.24, 2.45) is 5.11 Å². The predicted molar refractivity (Wildman–Crippen MR) is 131 cm³/mol. The number of rotatable bonds is 16. The maximum atomic E-state index is 12.3. The van der Waals surface area contributed by atoms with Crippen LogP contribution in [0.2, 0.25) is 0 Å². The van der Waals surface area contributed by atoms with Gasteiger partial charge < -0.3 is 29.0 Å². The number of methoxy groups -OCH3 is 1. The molecule has 0 spiro atoms. The average Bonchev–Trinajstić information content (AvgIpc) is 2.84. The Morgan fingerprint density at radius 1 is 1.11 bits per heavy atom. The fourth-order valence-electron chi connectivity index (χ4n) is 3.89. The minimum Gasteiger partial charge on any atom is -0.478 e. The van der Waals surface area contributed by atoms with Crippen LogP contribution in [-0.4, -0.2) is 74.5 Å². The fourth-order valence-corrected chi connectivity index (χ4v) is 3.89. The number of hydrogen-bond donors (Lipinski definition) is 1. The Morgan fingerprint density at radius 2 is 1.78 bits per heavy atom. The predicted octanol–water partition coefficient (Wildman–Crippen LogP) is 2.87. The molecule has 13 heteroatoms. The van der Waals surface area contributed by atoms with Crippen molar-refractivity contribution in [3.63, 3.8) is 0 Å². The van der Waals surface area contributed by atoms with Gasteiger partial charge in [0.25, 0.3) is 0 Å². The van der Waals surface area contributed by atoms with Gasteiger partial charge in [0.05, 0.1) is 19.2 Å². The van der Waals surface area contributed by atoms with Crippen LogP contribution in [0.5, 0.6) is 0 Å². The van der Waals surface area contributed by atoms with Crippen molar-refractivity contribution in [1.82, 2.24) is 5.32 Å². The summed E-state index contributed by atoms with van der Waals surface area (Å²) in [6.45, 7) is 5.63. The van der Waals surface area contributed by atoms with Gasteiger partial charge in [-0.05, 0) is 18.0 Å². The highest BCUT2D eigenvalue weighted by Crippen LogP contribution is 2.28. The van der Waals surface area contributed by atoms with Gasteiger partial charge in [0.15, 0.2) is 6.10 Å². The molecule has 0 radical (unpaired) electrons. The highest BCUT2D eigenvalue weighted by molar-refractivity contribution is 5.86. The Morgan fingerprint density at radius 3 is 2.35 bits per heavy atom. The van der Waals surface area contributed by atoms with Crippen LogP contribution in [0.25, 0.3) is 10.4 Å². The number of esters is 3. The first-order chi connectivity index (χ1) is 17.6. The van der Waals surface area contributed by atoms with E-state index in [9.17, 15) is 19.2 Å². The number of carbonyl (C=O) groups is 4. The van der Waals surface area contributed by atoms with Crippen LogP contribution in [0.15, 0.2) is 16.9 Å². The fraction of sp³-hybridized carbons (Fsp3) is 0.750. The van der Waals surface area contributed by atoms with Crippen LogP contribution in [0, 0.1) is 0 Å². The van der Waals surface area contributed by atoms with Crippen LogP contribution in [-0.2, 0) is 42.9 Å². The van der Waals surface area contributed by atoms with Gasteiger partial charge in [-0.2, -0.15) is 0 Å². The van der Waals surface area contributed by atoms with Crippen LogP contribution < -0.4 is 5.32 Å². The van der Waals surface area contributed by atoms with E-state index in [0.717, 1.165) is 39.2 Å². The lowest BCUT2D eigenvalue weighted by Gasteiger charge is -2.41. The normalized spacial score (nSPS) is 20.2. The van der Waals surface area contributed by atoms with Gasteiger partial charge in [-0.3, -0.25) is 14.4 Å². The number of ether oxygens (including phenoxy) is 5. The topological polar surface area (TPSA) is 175 Å². The largest absolute Gasteiger partial charge is 0.478 e. The van der Waals surface area contributed by atoms with E-state index in [2.05, 4.69) is 22.3 Å². The summed E-state index contributed by atoms with van der Waals surface area (Å²) in [6.07, 6.45) is 3.71. The second-order valence-electron chi connectivity index (χ2n) is 8.58. The second kappa shape index (κ2) is 17.2. The Labute approximate surface area is 216 Å². The van der Waals surface area contributed by atoms with Gasteiger partial charge in [0.1, 0.15) is 18.8 Å². The van der Waals surface area contributed by atoms with Gasteiger partial charge >= 0.3 is 17.9 Å². The van der Waals surface area contributed by atoms with Crippen molar-refractivity contribution in [2.75, 3.05) is 20.3 Å². The summed E-state index contributed by atoms with van der Waals surface area (Å²) in [5, 5.41) is 6.37. The van der Waals surface area contributed by atoms with E-state index in [1.54, 1.807) is 0 Å². The lowest BCUT2D eigenvalue weighted by Crippen LogP contribution is -2.60. The van der Waals surface area contributed by atoms with E-state index in [4.69, 9.17) is 29.2 Å². The third-order valence-electron chi connectivity index (χ3n) is 5.52. The number of nitrogens with zero attached hydrogens (tertiary/aromatic N) is 3. The summed E-state index contributed by atoms with van der Waals surface area (Å²) in [7, 11) is 1.15. The molecular weight excluding hydrogens is 488 g/mol. The van der Waals surface area contributed by atoms with E-state index >= 15 is 0 Å². The zero-order valence-corrected chi connectivity index (χ0v) is 22.1. The monoisotopic (exact) mass is 526 g/mol. The molecule has 1 N–H and O–H groups in total. The molecule has 208 valence electrons. The molecule has 0 aliphatic carbocycles. The molecule has 0 bridgehead atoms. The van der Waals surface area contributed by atoms with Crippen LogP contribution in [0.4, 0.5) is 0 Å². The van der Waals surface area contributed by atoms with Gasteiger partial charge in [0.2, 0.25) is 11.7 Å². The van der Waals surface area contributed by atoms with Crippen molar-refractivity contribution in [2.45, 2.75) is 96.6 Å². The second-order valence-corrected chi connectivity index (χ2v) is 8.58. The van der Waals surface area contributed by atoms with Gasteiger partial charge in [-0.15, -0.1) is 0 Å². The lowest BCUT2D eigenvalue weighted by atomic mass is 9.92. The third-order valence-corrected chi connectivity index (χ3v) is 5.52. The number of nitrogens with one attached hydrogen (secondary N) is 1. The van der Waals surface area contributed by atoms with Crippen molar-refractivity contribution in [3.05, 3.63) is 22.3 Å². The quantitative estimate of drug-likeness (QED) is 0.0791. The molecule has 1 heterocycles. The molecule has 0 aromatic carbocycles. The summed E-state index contributed by atoms with van der Waals surface area (Å²) in [4.78, 5) is 50.6. The van der Waals surface area contributed by atoms with Gasteiger partial charge in [-0.25, -0.2) is 4.79 Å². The molecule has 1 aliphatic heterocycles. The van der Waals surface area contributed by atoms with Crippen LogP contribution >= 0.6 is 0 Å². The maximum Gasteiger partial charge on any atom is 0.372 e. The first-order valence-electron chi connectivity index (χ1n) is 12.3. The van der Waals surface area contributed by atoms with E-state index in [1.807, 2.05) is 0 Å². The minimum atomic E-state index is -1.18. The standard InChI is InChI=1S/C24H38N4O9/c1-6-7-8-9-10-11-12-34-22(20(36-17(4)31)14-35-16(3)30)23-21(26-15(2)29)18(27-28-25)13-19(37-23)24(32)33-5/h13,18,20-23H,6-12,14H2,1-5H3,(H,26,29)/t18-,20+,21+,22+,23+/m0/s1. The van der Waals surface area contributed by atoms with Crippen molar-refractivity contribution >= 4 is 23.8 Å². The molecule has 0 saturated heterocycles. The van der Waals surface area contributed by atoms with Crippen molar-refractivity contribution in [3.8, 4) is 0 Å². The first kappa shape index (κ1) is 31.7. The van der Waals surface area contributed by atoms with E-state index in [0.29, 0.717) is 6.42 Å². The summed E-state index contributed by atoms with van der Waals surface area (Å²) in [5.74, 6) is -2.87. The molecule has 0 saturated carbocycles. The zero-order chi connectivity index (χ0) is 27.8. The number of azide groups is 1. The molecule has 1 rings (SSSR count). The number of carbonyl (C=O) groups excluding carboxylic acids is 4. The average molecular weight is 527 g/mol. The Hall–Kier alpha value is -3.31. The molecule has 1 amide bonds. The summed E-state index contributed by atoms with van der Waals surface area (Å²) in [5.41, 5.74) is 9.11. The summed E-state index contributed by atoms with van der Waals surface area (Å²) >= 11 is 0. The first-order valence-corrected chi connectivity index (χ1v) is 12.3. The molecule has 13 nitrogen and oxygen atoms in total. The number of hydrogen-bond acceptors (Lipinski definition) is 10. The third kappa shape index (κ3) is 11.5. The Kier molecular flexibility index (Phi) is 14.7. The van der Waals surface area contributed by atoms with E-state index < -0.39 is 54.2 Å². The Bertz CT molecular complexity index is 857. The van der Waals surface area contributed by atoms with Crippen LogP contribution in [0.1, 0.15) is 66.2 Å². The van der Waals surface area contributed by atoms with Gasteiger partial charge in [0, 0.05) is 32.3 Å². The highest BCUT2D eigenvalue weighted by Gasteiger charge is 2.46. The molecule has 0 aromatic heterocycles. The number of amides is 1. The molecule has 0 aromatic rings. The molecule has 37 heavy (non-hydrogen) atoms. The molecular formula is C24H38N4O9. The van der Waals surface area contributed by atoms with Crippen molar-refractivity contribution in [1.29, 1.82) is 0 Å². The summed E-state index contributed by atoms with van der Waals surface area (Å²) < 4.78 is 27.3. The molecule has 0 unspecified atom stereocenters. The van der Waals surface area contributed by atoms with Gasteiger partial charge in [-0.1, -0.05) is 44.1 Å². The Balaban J connectivity index is 3.38. The van der Waals surface area contributed by atoms with Crippen LogP contribution in [0.3, 0.4) is 0 Å². The van der Waals surface area contributed by atoms with E-state index in [-0.39, 0.29) is 19.0 Å². The zero-order valence-electron chi connectivity index (χ0n) is 22.1. The molecule has 0 fully saturated rings. The molecule has 5 atom stereocenters. The SMILES string of the molecule is CCCCCCCCO[C@@H]([C@@H]1OC(C(=O)OC)=C[C@H](N=[N+]=[N-])[C@H]1NC(C)=O)[C@@H](COC(C)=O)OC(C)=O. The van der Waals surface area contributed by atoms with Crippen molar-refractivity contribution < 1.29 is 42.9 Å². The van der Waals surface area contributed by atoms with E-state index in [1.165, 1.54) is 26.8 Å². The summed E-state index contributed by atoms with van der Waals surface area (Å²) in [6, 6.07) is -2.07.